The first-order valence-corrected chi connectivity index (χ1v) is 8.41. The van der Waals surface area contributed by atoms with Gasteiger partial charge in [0.05, 0.1) is 12.8 Å². The van der Waals surface area contributed by atoms with Crippen LogP contribution in [0.25, 0.3) is 0 Å². The molecule has 2 saturated heterocycles. The van der Waals surface area contributed by atoms with Gasteiger partial charge in [-0.2, -0.15) is 5.10 Å². The second-order valence-electron chi connectivity index (χ2n) is 6.64. The summed E-state index contributed by atoms with van der Waals surface area (Å²) in [4.78, 5) is 16.6. The Morgan fingerprint density at radius 3 is 2.68 bits per heavy atom. The zero-order valence-electron chi connectivity index (χ0n) is 14.9. The number of carbonyl (C=O) groups is 1. The van der Waals surface area contributed by atoms with Crippen LogP contribution in [0.5, 0.6) is 0 Å². The lowest BCUT2D eigenvalue weighted by Crippen LogP contribution is -2.50. The van der Waals surface area contributed by atoms with Crippen molar-refractivity contribution in [3.05, 3.63) is 18.0 Å². The van der Waals surface area contributed by atoms with Gasteiger partial charge >= 0.3 is 0 Å². The number of ether oxygens (including phenoxy) is 1. The Hall–Kier alpha value is -0.860. The third-order valence-electron chi connectivity index (χ3n) is 4.78. The normalized spacial score (nSPS) is 24.3. The van der Waals surface area contributed by atoms with Crippen molar-refractivity contribution >= 4 is 30.7 Å². The van der Waals surface area contributed by atoms with Gasteiger partial charge in [-0.15, -0.1) is 24.8 Å². The molecule has 1 amide bonds. The van der Waals surface area contributed by atoms with Crippen molar-refractivity contribution in [2.45, 2.75) is 18.9 Å². The predicted molar refractivity (Wildman–Crippen MR) is 102 cm³/mol. The summed E-state index contributed by atoms with van der Waals surface area (Å²) in [5.41, 5.74) is 0.753. The number of morpholine rings is 1. The van der Waals surface area contributed by atoms with Gasteiger partial charge in [0.15, 0.2) is 0 Å². The van der Waals surface area contributed by atoms with Gasteiger partial charge in [0, 0.05) is 71.0 Å². The third kappa shape index (κ3) is 5.56. The summed E-state index contributed by atoms with van der Waals surface area (Å²) in [5.74, 6) is 0.265. The van der Waals surface area contributed by atoms with Crippen LogP contribution >= 0.6 is 24.8 Å². The number of halogens is 2. The molecule has 25 heavy (non-hydrogen) atoms. The van der Waals surface area contributed by atoms with E-state index in [4.69, 9.17) is 4.74 Å². The highest BCUT2D eigenvalue weighted by Gasteiger charge is 2.35. The van der Waals surface area contributed by atoms with Gasteiger partial charge in [0.2, 0.25) is 5.91 Å². The molecule has 3 heterocycles. The van der Waals surface area contributed by atoms with Gasteiger partial charge in [0.1, 0.15) is 5.60 Å². The van der Waals surface area contributed by atoms with Crippen LogP contribution in [-0.2, 0) is 22.2 Å². The van der Waals surface area contributed by atoms with E-state index in [0.29, 0.717) is 13.0 Å². The molecule has 1 N–H and O–H groups in total. The monoisotopic (exact) mass is 393 g/mol. The molecule has 3 rings (SSSR count). The molecule has 144 valence electrons. The molecule has 0 saturated carbocycles. The molecular formula is C16H29Cl2N5O2. The zero-order valence-corrected chi connectivity index (χ0v) is 16.6. The van der Waals surface area contributed by atoms with Crippen molar-refractivity contribution in [1.82, 2.24) is 24.9 Å². The summed E-state index contributed by atoms with van der Waals surface area (Å²) < 4.78 is 7.82. The van der Waals surface area contributed by atoms with Crippen molar-refractivity contribution in [3.63, 3.8) is 0 Å². The van der Waals surface area contributed by atoms with Gasteiger partial charge in [-0.05, 0) is 6.92 Å². The lowest BCUT2D eigenvalue weighted by Gasteiger charge is -2.40. The largest absolute Gasteiger partial charge is 0.368 e. The number of aryl methyl sites for hydroxylation is 1. The Labute approximate surface area is 161 Å². The topological polar surface area (TPSA) is 62.6 Å². The summed E-state index contributed by atoms with van der Waals surface area (Å²) >= 11 is 0. The van der Waals surface area contributed by atoms with Crippen molar-refractivity contribution < 1.29 is 9.53 Å². The summed E-state index contributed by atoms with van der Waals surface area (Å²) in [6.07, 6.45) is 4.47. The first-order chi connectivity index (χ1) is 11.1. The third-order valence-corrected chi connectivity index (χ3v) is 4.78. The Morgan fingerprint density at radius 1 is 1.32 bits per heavy atom. The second-order valence-corrected chi connectivity index (χ2v) is 6.64. The molecule has 1 aromatic rings. The average Bonchev–Trinajstić information content (AvgIpc) is 3.01. The lowest BCUT2D eigenvalue weighted by atomic mass is 9.97. The fourth-order valence-electron chi connectivity index (χ4n) is 3.34. The molecule has 9 heteroatoms. The Bertz CT molecular complexity index is 550. The molecule has 2 fully saturated rings. The molecular weight excluding hydrogens is 365 g/mol. The number of nitrogens with one attached hydrogen (secondary N) is 1. The molecule has 0 aromatic carbocycles. The van der Waals surface area contributed by atoms with E-state index >= 15 is 0 Å². The molecule has 0 aliphatic carbocycles. The van der Waals surface area contributed by atoms with Crippen LogP contribution in [0.3, 0.4) is 0 Å². The molecule has 2 aliphatic heterocycles. The highest BCUT2D eigenvalue weighted by molar-refractivity contribution is 5.85. The number of carbonyl (C=O) groups excluding carboxylic acids is 1. The molecule has 0 bridgehead atoms. The van der Waals surface area contributed by atoms with Crippen LogP contribution in [0.2, 0.25) is 0 Å². The first-order valence-electron chi connectivity index (χ1n) is 8.41. The first kappa shape index (κ1) is 22.2. The Balaban J connectivity index is 0.00000156. The molecule has 7 nitrogen and oxygen atoms in total. The van der Waals surface area contributed by atoms with Gasteiger partial charge in [0.25, 0.3) is 0 Å². The van der Waals surface area contributed by atoms with Crippen molar-refractivity contribution in [1.29, 1.82) is 0 Å². The van der Waals surface area contributed by atoms with Crippen LogP contribution < -0.4 is 5.32 Å². The maximum atomic E-state index is 12.3. The SMILES string of the molecule is Cl.Cl.Cn1cc(C2(C)CN(CCC(=O)N3CCNCC3)CCO2)cn1. The number of amides is 1. The van der Waals surface area contributed by atoms with E-state index in [1.54, 1.807) is 4.68 Å². The van der Waals surface area contributed by atoms with E-state index < -0.39 is 0 Å². The van der Waals surface area contributed by atoms with Gasteiger partial charge < -0.3 is 15.0 Å². The van der Waals surface area contributed by atoms with Crippen LogP contribution in [0.15, 0.2) is 12.4 Å². The minimum Gasteiger partial charge on any atom is -0.368 e. The quantitative estimate of drug-likeness (QED) is 0.812. The summed E-state index contributed by atoms with van der Waals surface area (Å²) in [6, 6.07) is 0. The number of rotatable bonds is 4. The maximum absolute atomic E-state index is 12.3. The van der Waals surface area contributed by atoms with Crippen LogP contribution in [0, 0.1) is 0 Å². The van der Waals surface area contributed by atoms with Crippen molar-refractivity contribution in [2.75, 3.05) is 52.4 Å². The smallest absolute Gasteiger partial charge is 0.223 e. The molecule has 1 atom stereocenters. The minimum atomic E-state index is -0.343. The minimum absolute atomic E-state index is 0. The van der Waals surface area contributed by atoms with Crippen LogP contribution in [-0.4, -0.2) is 77.9 Å². The number of nitrogens with zero attached hydrogens (tertiary/aromatic N) is 4. The van der Waals surface area contributed by atoms with Crippen LogP contribution in [0.1, 0.15) is 18.9 Å². The summed E-state index contributed by atoms with van der Waals surface area (Å²) in [7, 11) is 1.92. The fraction of sp³-hybridized carbons (Fsp3) is 0.750. The number of aromatic nitrogens is 2. The highest BCUT2D eigenvalue weighted by atomic mass is 35.5. The average molecular weight is 394 g/mol. The zero-order chi connectivity index (χ0) is 16.3. The van der Waals surface area contributed by atoms with E-state index in [-0.39, 0.29) is 36.3 Å². The Morgan fingerprint density at radius 2 is 2.04 bits per heavy atom. The van der Waals surface area contributed by atoms with E-state index in [0.717, 1.165) is 51.4 Å². The predicted octanol–water partition coefficient (Wildman–Crippen LogP) is 0.633. The lowest BCUT2D eigenvalue weighted by molar-refractivity contribution is -0.134. The molecule has 2 aliphatic rings. The summed E-state index contributed by atoms with van der Waals surface area (Å²) in [6.45, 7) is 8.73. The number of hydrogen-bond donors (Lipinski definition) is 1. The van der Waals surface area contributed by atoms with Crippen molar-refractivity contribution in [2.24, 2.45) is 7.05 Å². The summed E-state index contributed by atoms with van der Waals surface area (Å²) in [5, 5.41) is 7.53. The molecule has 0 radical (unpaired) electrons. The van der Waals surface area contributed by atoms with E-state index in [1.165, 1.54) is 0 Å². The van der Waals surface area contributed by atoms with E-state index in [9.17, 15) is 4.79 Å². The maximum Gasteiger partial charge on any atom is 0.223 e. The van der Waals surface area contributed by atoms with Gasteiger partial charge in [-0.1, -0.05) is 0 Å². The van der Waals surface area contributed by atoms with Gasteiger partial charge in [-0.25, -0.2) is 0 Å². The molecule has 0 spiro atoms. The molecule has 1 aromatic heterocycles. The number of hydrogen-bond acceptors (Lipinski definition) is 5. The molecule has 1 unspecified atom stereocenters. The second kappa shape index (κ2) is 9.73. The van der Waals surface area contributed by atoms with Crippen LogP contribution in [0.4, 0.5) is 0 Å². The highest BCUT2D eigenvalue weighted by Crippen LogP contribution is 2.29. The van der Waals surface area contributed by atoms with Crippen molar-refractivity contribution in [3.8, 4) is 0 Å². The van der Waals surface area contributed by atoms with E-state index in [1.807, 2.05) is 24.3 Å². The number of piperazine rings is 1. The van der Waals surface area contributed by atoms with Gasteiger partial charge in [-0.3, -0.25) is 14.4 Å². The van der Waals surface area contributed by atoms with E-state index in [2.05, 4.69) is 22.2 Å². The Kier molecular flexibility index (Phi) is 8.63. The standard InChI is InChI=1S/C16H27N5O2.2ClH/c1-16(14-11-18-19(2)12-14)13-20(9-10-23-16)6-3-15(22)21-7-4-17-5-8-21;;/h11-12,17H,3-10,13H2,1-2H3;2*1H. The fourth-order valence-corrected chi connectivity index (χ4v) is 3.34.